The van der Waals surface area contributed by atoms with Crippen molar-refractivity contribution in [3.63, 3.8) is 0 Å². The van der Waals surface area contributed by atoms with Gasteiger partial charge in [0.05, 0.1) is 5.84 Å². The molecule has 102 valence electrons. The van der Waals surface area contributed by atoms with E-state index in [2.05, 4.69) is 37.8 Å². The van der Waals surface area contributed by atoms with Crippen molar-refractivity contribution in [2.24, 2.45) is 4.99 Å². The molecule has 0 aliphatic rings. The van der Waals surface area contributed by atoms with Gasteiger partial charge < -0.3 is 4.90 Å². The molecule has 0 aromatic carbocycles. The van der Waals surface area contributed by atoms with Crippen molar-refractivity contribution < 1.29 is 0 Å². The smallest absolute Gasteiger partial charge is 0.0980 e. The lowest BCUT2D eigenvalue weighted by molar-refractivity contribution is 0.572. The predicted octanol–water partition coefficient (Wildman–Crippen LogP) is 4.50. The van der Waals surface area contributed by atoms with Gasteiger partial charge in [-0.2, -0.15) is 0 Å². The Hall–Kier alpha value is -0.530. The van der Waals surface area contributed by atoms with Crippen LogP contribution in [0.25, 0.3) is 0 Å². The molecule has 0 aliphatic carbocycles. The largest absolute Gasteiger partial charge is 0.367 e. The molecule has 0 atom stereocenters. The van der Waals surface area contributed by atoms with Crippen LogP contribution in [0.2, 0.25) is 0 Å². The highest BCUT2D eigenvalue weighted by Crippen LogP contribution is 2.08. The monoisotopic (exact) mass is 240 g/mol. The molecular formula is C15H32N2. The van der Waals surface area contributed by atoms with Crippen LogP contribution in [0.4, 0.5) is 0 Å². The van der Waals surface area contributed by atoms with E-state index in [1.165, 1.54) is 57.2 Å². The summed E-state index contributed by atoms with van der Waals surface area (Å²) in [6.07, 6.45) is 12.1. The van der Waals surface area contributed by atoms with Gasteiger partial charge in [0.25, 0.3) is 0 Å². The van der Waals surface area contributed by atoms with E-state index in [1.807, 2.05) is 0 Å². The zero-order valence-corrected chi connectivity index (χ0v) is 12.5. The van der Waals surface area contributed by atoms with Gasteiger partial charge in [0.2, 0.25) is 0 Å². The fourth-order valence-corrected chi connectivity index (χ4v) is 2.02. The van der Waals surface area contributed by atoms with Gasteiger partial charge in [-0.25, -0.2) is 0 Å². The number of unbranched alkanes of at least 4 members (excludes halogenated alkanes) is 7. The third kappa shape index (κ3) is 10.3. The van der Waals surface area contributed by atoms with Crippen LogP contribution in [0.5, 0.6) is 0 Å². The summed E-state index contributed by atoms with van der Waals surface area (Å²) in [7, 11) is 4.16. The summed E-state index contributed by atoms with van der Waals surface area (Å²) in [5, 5.41) is 0. The van der Waals surface area contributed by atoms with Crippen molar-refractivity contribution in [1.82, 2.24) is 4.90 Å². The first kappa shape index (κ1) is 16.5. The van der Waals surface area contributed by atoms with Crippen LogP contribution in [-0.2, 0) is 0 Å². The van der Waals surface area contributed by atoms with E-state index >= 15 is 0 Å². The molecule has 0 heterocycles. The van der Waals surface area contributed by atoms with E-state index in [0.717, 1.165) is 13.0 Å². The Morgan fingerprint density at radius 3 is 1.82 bits per heavy atom. The fraction of sp³-hybridized carbons (Fsp3) is 0.933. The van der Waals surface area contributed by atoms with Gasteiger partial charge in [0.15, 0.2) is 0 Å². The minimum Gasteiger partial charge on any atom is -0.367 e. The van der Waals surface area contributed by atoms with Crippen molar-refractivity contribution in [3.8, 4) is 0 Å². The van der Waals surface area contributed by atoms with Crippen molar-refractivity contribution in [3.05, 3.63) is 0 Å². The minimum absolute atomic E-state index is 1.01. The van der Waals surface area contributed by atoms with Gasteiger partial charge in [-0.15, -0.1) is 0 Å². The quantitative estimate of drug-likeness (QED) is 0.312. The van der Waals surface area contributed by atoms with Crippen molar-refractivity contribution in [1.29, 1.82) is 0 Å². The van der Waals surface area contributed by atoms with Crippen LogP contribution in [0.15, 0.2) is 4.99 Å². The zero-order chi connectivity index (χ0) is 12.9. The van der Waals surface area contributed by atoms with Crippen LogP contribution < -0.4 is 0 Å². The first-order chi connectivity index (χ1) is 8.22. The molecule has 0 unspecified atom stereocenters. The molecule has 2 heteroatoms. The van der Waals surface area contributed by atoms with Crippen LogP contribution in [0, 0.1) is 0 Å². The summed E-state index contributed by atoms with van der Waals surface area (Å²) in [4.78, 5) is 6.76. The number of rotatable bonds is 10. The highest BCUT2D eigenvalue weighted by molar-refractivity contribution is 5.81. The van der Waals surface area contributed by atoms with E-state index in [4.69, 9.17) is 0 Å². The second-order valence-electron chi connectivity index (χ2n) is 5.02. The van der Waals surface area contributed by atoms with E-state index < -0.39 is 0 Å². The summed E-state index contributed by atoms with van der Waals surface area (Å²) < 4.78 is 0. The zero-order valence-electron chi connectivity index (χ0n) is 12.5. The van der Waals surface area contributed by atoms with Crippen molar-refractivity contribution >= 4 is 5.84 Å². The molecule has 0 spiro atoms. The molecule has 0 aliphatic heterocycles. The molecule has 2 nitrogen and oxygen atoms in total. The molecule has 0 aromatic heterocycles. The van der Waals surface area contributed by atoms with Gasteiger partial charge in [-0.3, -0.25) is 4.99 Å². The average Bonchev–Trinajstić information content (AvgIpc) is 2.31. The lowest BCUT2D eigenvalue weighted by Crippen LogP contribution is -2.21. The highest BCUT2D eigenvalue weighted by Gasteiger charge is 1.97. The van der Waals surface area contributed by atoms with E-state index in [1.54, 1.807) is 0 Å². The van der Waals surface area contributed by atoms with Crippen LogP contribution >= 0.6 is 0 Å². The Morgan fingerprint density at radius 2 is 1.35 bits per heavy atom. The van der Waals surface area contributed by atoms with E-state index in [9.17, 15) is 0 Å². The number of aliphatic imine (C=N–C) groups is 1. The molecular weight excluding hydrogens is 208 g/mol. The van der Waals surface area contributed by atoms with Gasteiger partial charge in [0, 0.05) is 27.1 Å². The third-order valence-electron chi connectivity index (χ3n) is 3.14. The maximum atomic E-state index is 4.63. The third-order valence-corrected chi connectivity index (χ3v) is 3.14. The van der Waals surface area contributed by atoms with Crippen molar-refractivity contribution in [2.45, 2.75) is 71.6 Å². The van der Waals surface area contributed by atoms with Gasteiger partial charge in [-0.1, -0.05) is 58.8 Å². The van der Waals surface area contributed by atoms with Crippen LogP contribution in [-0.4, -0.2) is 31.4 Å². The Labute approximate surface area is 109 Å². The Balaban J connectivity index is 3.33. The molecule has 17 heavy (non-hydrogen) atoms. The van der Waals surface area contributed by atoms with Crippen LogP contribution in [0.3, 0.4) is 0 Å². The highest BCUT2D eigenvalue weighted by atomic mass is 15.1. The molecule has 0 radical (unpaired) electrons. The van der Waals surface area contributed by atoms with E-state index in [0.29, 0.717) is 0 Å². The van der Waals surface area contributed by atoms with E-state index in [-0.39, 0.29) is 0 Å². The number of nitrogens with zero attached hydrogens (tertiary/aromatic N) is 2. The summed E-state index contributed by atoms with van der Waals surface area (Å²) >= 11 is 0. The molecule has 0 bridgehead atoms. The molecule has 0 rings (SSSR count). The second-order valence-corrected chi connectivity index (χ2v) is 5.02. The molecule has 0 fully saturated rings. The lowest BCUT2D eigenvalue weighted by Gasteiger charge is -2.13. The molecule has 0 saturated carbocycles. The summed E-state index contributed by atoms with van der Waals surface area (Å²) in [5.41, 5.74) is 0. The maximum absolute atomic E-state index is 4.63. The normalized spacial score (nSPS) is 11.9. The Kier molecular flexibility index (Phi) is 11.6. The average molecular weight is 240 g/mol. The van der Waals surface area contributed by atoms with Crippen molar-refractivity contribution in [2.75, 3.05) is 20.6 Å². The fourth-order valence-electron chi connectivity index (χ4n) is 2.02. The first-order valence-electron chi connectivity index (χ1n) is 7.43. The first-order valence-corrected chi connectivity index (χ1v) is 7.43. The molecule has 0 amide bonds. The Bertz CT molecular complexity index is 185. The SMILES string of the molecule is CCCCCCCCCCN=C(CC)N(C)C. The molecule has 0 N–H and O–H groups in total. The summed E-state index contributed by atoms with van der Waals surface area (Å²) in [6, 6.07) is 0. The molecule has 0 saturated heterocycles. The topological polar surface area (TPSA) is 15.6 Å². The Morgan fingerprint density at radius 1 is 0.824 bits per heavy atom. The standard InChI is InChI=1S/C15H32N2/c1-5-7-8-9-10-11-12-13-14-16-15(6-2)17(3)4/h5-14H2,1-4H3. The molecule has 0 aromatic rings. The minimum atomic E-state index is 1.01. The summed E-state index contributed by atoms with van der Waals surface area (Å²) in [5.74, 6) is 1.23. The number of amidine groups is 1. The lowest BCUT2D eigenvalue weighted by atomic mass is 10.1. The number of hydrogen-bond acceptors (Lipinski definition) is 1. The maximum Gasteiger partial charge on any atom is 0.0980 e. The predicted molar refractivity (Wildman–Crippen MR) is 78.9 cm³/mol. The number of hydrogen-bond donors (Lipinski definition) is 0. The van der Waals surface area contributed by atoms with Crippen LogP contribution in [0.1, 0.15) is 71.6 Å². The van der Waals surface area contributed by atoms with Gasteiger partial charge in [-0.05, 0) is 6.42 Å². The second kappa shape index (κ2) is 11.9. The van der Waals surface area contributed by atoms with Gasteiger partial charge >= 0.3 is 0 Å². The summed E-state index contributed by atoms with van der Waals surface area (Å²) in [6.45, 7) is 5.46. The van der Waals surface area contributed by atoms with Gasteiger partial charge in [0.1, 0.15) is 0 Å².